The van der Waals surface area contributed by atoms with Crippen molar-refractivity contribution in [3.63, 3.8) is 0 Å². The van der Waals surface area contributed by atoms with Crippen LogP contribution in [0.1, 0.15) is 92.4 Å². The maximum Gasteiger partial charge on any atom is 0.0433 e. The molecule has 0 saturated heterocycles. The molecule has 0 amide bonds. The summed E-state index contributed by atoms with van der Waals surface area (Å²) in [4.78, 5) is 0. The number of rotatable bonds is 9. The van der Waals surface area contributed by atoms with Crippen LogP contribution in [0.4, 0.5) is 0 Å². The van der Waals surface area contributed by atoms with E-state index in [9.17, 15) is 0 Å². The Kier molecular flexibility index (Phi) is 8.02. The third-order valence-electron chi connectivity index (χ3n) is 5.59. The highest BCUT2D eigenvalue weighted by molar-refractivity contribution is 5.22. The van der Waals surface area contributed by atoms with Crippen LogP contribution in [0.15, 0.2) is 11.1 Å². The Balaban J connectivity index is 2.31. The van der Waals surface area contributed by atoms with Crippen LogP contribution in [0.3, 0.4) is 0 Å². The van der Waals surface area contributed by atoms with Crippen molar-refractivity contribution in [3.05, 3.63) is 11.1 Å². The fourth-order valence-electron chi connectivity index (χ4n) is 3.94. The molecule has 0 aliphatic heterocycles. The molecular weight excluding hydrogens is 256 g/mol. The lowest BCUT2D eigenvalue weighted by Gasteiger charge is -2.35. The lowest BCUT2D eigenvalue weighted by molar-refractivity contribution is 0.255. The van der Waals surface area contributed by atoms with E-state index in [0.29, 0.717) is 17.9 Å². The first-order valence-corrected chi connectivity index (χ1v) is 9.16. The second-order valence-electron chi connectivity index (χ2n) is 8.19. The van der Waals surface area contributed by atoms with Crippen molar-refractivity contribution in [2.24, 2.45) is 17.3 Å². The molecule has 1 heteroatoms. The number of aliphatic hydroxyl groups excluding tert-OH is 1. The summed E-state index contributed by atoms with van der Waals surface area (Å²) in [6.45, 7) is 12.3. The SMILES string of the molecule is CC1=C(CC[C@H](C)CCC[C@H](C)CCO)C(C)(C)CCC1. The summed E-state index contributed by atoms with van der Waals surface area (Å²) in [6, 6.07) is 0. The molecule has 0 heterocycles. The second-order valence-corrected chi connectivity index (χ2v) is 8.19. The average molecular weight is 295 g/mol. The van der Waals surface area contributed by atoms with Crippen LogP contribution in [0.5, 0.6) is 0 Å². The molecule has 0 spiro atoms. The van der Waals surface area contributed by atoms with Gasteiger partial charge < -0.3 is 5.11 Å². The van der Waals surface area contributed by atoms with Gasteiger partial charge in [0.2, 0.25) is 0 Å². The smallest absolute Gasteiger partial charge is 0.0433 e. The maximum absolute atomic E-state index is 8.94. The van der Waals surface area contributed by atoms with Gasteiger partial charge in [-0.2, -0.15) is 0 Å². The van der Waals surface area contributed by atoms with Crippen LogP contribution in [-0.4, -0.2) is 11.7 Å². The van der Waals surface area contributed by atoms with Gasteiger partial charge in [-0.3, -0.25) is 0 Å². The fraction of sp³-hybridized carbons (Fsp3) is 0.900. The summed E-state index contributed by atoms with van der Waals surface area (Å²) in [5.74, 6) is 1.52. The quantitative estimate of drug-likeness (QED) is 0.508. The summed E-state index contributed by atoms with van der Waals surface area (Å²) in [5.41, 5.74) is 3.88. The molecule has 0 unspecified atom stereocenters. The van der Waals surface area contributed by atoms with Crippen molar-refractivity contribution >= 4 is 0 Å². The molecule has 0 aromatic rings. The van der Waals surface area contributed by atoms with E-state index < -0.39 is 0 Å². The molecule has 0 bridgehead atoms. The molecule has 21 heavy (non-hydrogen) atoms. The Morgan fingerprint density at radius 1 is 1.05 bits per heavy atom. The molecule has 124 valence electrons. The minimum absolute atomic E-state index is 0.346. The molecule has 0 radical (unpaired) electrons. The van der Waals surface area contributed by atoms with Crippen LogP contribution in [-0.2, 0) is 0 Å². The van der Waals surface area contributed by atoms with Gasteiger partial charge in [-0.25, -0.2) is 0 Å². The normalized spacial score (nSPS) is 21.4. The number of allylic oxidation sites excluding steroid dienone is 2. The lowest BCUT2D eigenvalue weighted by Crippen LogP contribution is -2.20. The number of aliphatic hydroxyl groups is 1. The number of hydrogen-bond donors (Lipinski definition) is 1. The molecular formula is C20H38O. The van der Waals surface area contributed by atoms with Crippen molar-refractivity contribution < 1.29 is 5.11 Å². The highest BCUT2D eigenvalue weighted by Crippen LogP contribution is 2.42. The Bertz CT molecular complexity index is 327. The van der Waals surface area contributed by atoms with Gasteiger partial charge in [0.15, 0.2) is 0 Å². The Labute approximate surface area is 133 Å². The number of hydrogen-bond acceptors (Lipinski definition) is 1. The van der Waals surface area contributed by atoms with Crippen LogP contribution in [0, 0.1) is 17.3 Å². The lowest BCUT2D eigenvalue weighted by atomic mass is 9.70. The molecule has 0 aromatic carbocycles. The Hall–Kier alpha value is -0.300. The summed E-state index contributed by atoms with van der Waals surface area (Å²) >= 11 is 0. The second kappa shape index (κ2) is 8.98. The first-order valence-electron chi connectivity index (χ1n) is 9.16. The first kappa shape index (κ1) is 18.7. The minimum atomic E-state index is 0.346. The van der Waals surface area contributed by atoms with Gasteiger partial charge >= 0.3 is 0 Å². The molecule has 1 aliphatic rings. The maximum atomic E-state index is 8.94. The monoisotopic (exact) mass is 294 g/mol. The van der Waals surface area contributed by atoms with Crippen molar-refractivity contribution in [3.8, 4) is 0 Å². The van der Waals surface area contributed by atoms with Gasteiger partial charge in [0.1, 0.15) is 0 Å². The van der Waals surface area contributed by atoms with E-state index in [2.05, 4.69) is 34.6 Å². The Morgan fingerprint density at radius 2 is 1.67 bits per heavy atom. The van der Waals surface area contributed by atoms with E-state index in [1.165, 1.54) is 51.4 Å². The van der Waals surface area contributed by atoms with Crippen molar-refractivity contribution in [2.75, 3.05) is 6.61 Å². The predicted molar refractivity (Wildman–Crippen MR) is 93.4 cm³/mol. The van der Waals surface area contributed by atoms with E-state index in [1.807, 2.05) is 0 Å². The molecule has 1 nitrogen and oxygen atoms in total. The van der Waals surface area contributed by atoms with Gasteiger partial charge in [0.05, 0.1) is 0 Å². The zero-order valence-electron chi connectivity index (χ0n) is 15.2. The summed E-state index contributed by atoms with van der Waals surface area (Å²) in [6.07, 6.45) is 11.6. The van der Waals surface area contributed by atoms with Gasteiger partial charge in [-0.1, -0.05) is 58.1 Å². The molecule has 2 atom stereocenters. The van der Waals surface area contributed by atoms with E-state index in [-0.39, 0.29) is 0 Å². The van der Waals surface area contributed by atoms with Crippen LogP contribution in [0.2, 0.25) is 0 Å². The van der Waals surface area contributed by atoms with Gasteiger partial charge in [0.25, 0.3) is 0 Å². The summed E-state index contributed by atoms with van der Waals surface area (Å²) in [5, 5.41) is 8.94. The average Bonchev–Trinajstić information content (AvgIpc) is 2.37. The largest absolute Gasteiger partial charge is 0.396 e. The van der Waals surface area contributed by atoms with Crippen molar-refractivity contribution in [2.45, 2.75) is 92.4 Å². The molecule has 1 N–H and O–H groups in total. The van der Waals surface area contributed by atoms with E-state index in [0.717, 1.165) is 12.3 Å². The van der Waals surface area contributed by atoms with Gasteiger partial charge in [0, 0.05) is 6.61 Å². The van der Waals surface area contributed by atoms with Gasteiger partial charge in [-0.15, -0.1) is 0 Å². The minimum Gasteiger partial charge on any atom is -0.396 e. The standard InChI is InChI=1S/C20H38O/c1-16(8-6-9-17(2)13-15-21)11-12-19-18(3)10-7-14-20(19,4)5/h16-17,21H,6-15H2,1-5H3/t16-,17+/m1/s1. The van der Waals surface area contributed by atoms with Gasteiger partial charge in [-0.05, 0) is 62.7 Å². The van der Waals surface area contributed by atoms with Crippen LogP contribution in [0.25, 0.3) is 0 Å². The topological polar surface area (TPSA) is 20.2 Å². The predicted octanol–water partition coefficient (Wildman–Crippen LogP) is 6.12. The first-order chi connectivity index (χ1) is 9.86. The molecule has 0 aromatic heterocycles. The van der Waals surface area contributed by atoms with E-state index in [1.54, 1.807) is 11.1 Å². The molecule has 0 fully saturated rings. The molecule has 1 aliphatic carbocycles. The van der Waals surface area contributed by atoms with Crippen LogP contribution >= 0.6 is 0 Å². The van der Waals surface area contributed by atoms with E-state index in [4.69, 9.17) is 5.11 Å². The molecule has 1 rings (SSSR count). The zero-order chi connectivity index (χ0) is 15.9. The Morgan fingerprint density at radius 3 is 2.24 bits per heavy atom. The van der Waals surface area contributed by atoms with Crippen molar-refractivity contribution in [1.82, 2.24) is 0 Å². The third-order valence-corrected chi connectivity index (χ3v) is 5.59. The zero-order valence-corrected chi connectivity index (χ0v) is 15.2. The fourth-order valence-corrected chi connectivity index (χ4v) is 3.94. The van der Waals surface area contributed by atoms with Crippen LogP contribution < -0.4 is 0 Å². The van der Waals surface area contributed by atoms with E-state index >= 15 is 0 Å². The highest BCUT2D eigenvalue weighted by Gasteiger charge is 2.27. The summed E-state index contributed by atoms with van der Waals surface area (Å²) in [7, 11) is 0. The summed E-state index contributed by atoms with van der Waals surface area (Å²) < 4.78 is 0. The third kappa shape index (κ3) is 6.55. The molecule has 0 saturated carbocycles. The van der Waals surface area contributed by atoms with Crippen molar-refractivity contribution in [1.29, 1.82) is 0 Å². The highest BCUT2D eigenvalue weighted by atomic mass is 16.3.